The molecule has 0 fully saturated rings. The normalized spacial score (nSPS) is 11.7. The number of nitrogens with zero attached hydrogens (tertiary/aromatic N) is 1. The van der Waals surface area contributed by atoms with Gasteiger partial charge in [-0.1, -0.05) is 59.6 Å². The fourth-order valence-corrected chi connectivity index (χ4v) is 2.53. The summed E-state index contributed by atoms with van der Waals surface area (Å²) in [6.45, 7) is 0. The van der Waals surface area contributed by atoms with Gasteiger partial charge in [0.2, 0.25) is 6.10 Å². The van der Waals surface area contributed by atoms with E-state index in [-0.39, 0.29) is 21.5 Å². The number of hydrogen-bond donors (Lipinski definition) is 0. The van der Waals surface area contributed by atoms with E-state index in [1.165, 1.54) is 17.0 Å². The number of hydrogen-bond acceptors (Lipinski definition) is 3. The van der Waals surface area contributed by atoms with Gasteiger partial charge in [0.25, 0.3) is 5.91 Å². The Morgan fingerprint density at radius 2 is 1.52 bits per heavy atom. The maximum atomic E-state index is 12.4. The highest BCUT2D eigenvalue weighted by atomic mass is 35.5. The summed E-state index contributed by atoms with van der Waals surface area (Å²) < 4.78 is 5.41. The number of rotatable bonds is 4. The average Bonchev–Trinajstić information content (AvgIpc) is 2.52. The first-order valence-corrected chi connectivity index (χ1v) is 7.58. The summed E-state index contributed by atoms with van der Waals surface area (Å²) in [5.74, 6) is -1.10. The Morgan fingerprint density at radius 1 is 0.957 bits per heavy atom. The molecular formula is C17H15Cl2NO3. The van der Waals surface area contributed by atoms with Crippen molar-refractivity contribution in [3.63, 3.8) is 0 Å². The fraction of sp³-hybridized carbons (Fsp3) is 0.176. The minimum atomic E-state index is -1.06. The van der Waals surface area contributed by atoms with Crippen LogP contribution in [0.15, 0.2) is 48.5 Å². The van der Waals surface area contributed by atoms with Crippen molar-refractivity contribution in [2.45, 2.75) is 6.10 Å². The van der Waals surface area contributed by atoms with E-state index in [1.807, 2.05) is 6.07 Å². The molecule has 0 heterocycles. The first-order chi connectivity index (χ1) is 10.9. The van der Waals surface area contributed by atoms with E-state index in [2.05, 4.69) is 0 Å². The van der Waals surface area contributed by atoms with E-state index >= 15 is 0 Å². The molecule has 1 unspecified atom stereocenters. The molecule has 0 aliphatic heterocycles. The van der Waals surface area contributed by atoms with E-state index in [9.17, 15) is 9.59 Å². The van der Waals surface area contributed by atoms with Gasteiger partial charge in [0.15, 0.2) is 0 Å². The summed E-state index contributed by atoms with van der Waals surface area (Å²) >= 11 is 12.0. The zero-order chi connectivity index (χ0) is 17.0. The highest BCUT2D eigenvalue weighted by Crippen LogP contribution is 2.28. The number of carbonyl (C=O) groups excluding carboxylic acids is 2. The lowest BCUT2D eigenvalue weighted by Crippen LogP contribution is -2.31. The molecule has 0 saturated heterocycles. The van der Waals surface area contributed by atoms with Crippen molar-refractivity contribution in [2.24, 2.45) is 0 Å². The first-order valence-electron chi connectivity index (χ1n) is 6.83. The van der Waals surface area contributed by atoms with Crippen LogP contribution in [0.2, 0.25) is 10.0 Å². The van der Waals surface area contributed by atoms with Crippen LogP contribution in [0.1, 0.15) is 22.0 Å². The Labute approximate surface area is 144 Å². The minimum absolute atomic E-state index is 0.0447. The summed E-state index contributed by atoms with van der Waals surface area (Å²) in [5.41, 5.74) is 0.617. The molecule has 2 rings (SSSR count). The van der Waals surface area contributed by atoms with Gasteiger partial charge in [-0.25, -0.2) is 4.79 Å². The smallest absolute Gasteiger partial charge is 0.342 e. The zero-order valence-corrected chi connectivity index (χ0v) is 14.1. The summed E-state index contributed by atoms with van der Waals surface area (Å²) in [6.07, 6.45) is -1.06. The molecule has 1 atom stereocenters. The summed E-state index contributed by atoms with van der Waals surface area (Å²) in [6, 6.07) is 13.5. The lowest BCUT2D eigenvalue weighted by molar-refractivity contribution is -0.138. The van der Waals surface area contributed by atoms with E-state index in [0.717, 1.165) is 0 Å². The second-order valence-electron chi connectivity index (χ2n) is 5.03. The fourth-order valence-electron chi connectivity index (χ4n) is 1.98. The molecule has 0 saturated carbocycles. The van der Waals surface area contributed by atoms with Crippen molar-refractivity contribution in [2.75, 3.05) is 14.1 Å². The Balaban J connectivity index is 2.35. The third kappa shape index (κ3) is 4.03. The van der Waals surface area contributed by atoms with Gasteiger partial charge in [-0.3, -0.25) is 4.79 Å². The highest BCUT2D eigenvalue weighted by molar-refractivity contribution is 6.39. The van der Waals surface area contributed by atoms with Crippen LogP contribution in [0.5, 0.6) is 0 Å². The van der Waals surface area contributed by atoms with Gasteiger partial charge in [0.1, 0.15) is 0 Å². The molecule has 1 amide bonds. The van der Waals surface area contributed by atoms with Crippen LogP contribution < -0.4 is 0 Å². The van der Waals surface area contributed by atoms with E-state index < -0.39 is 12.1 Å². The number of esters is 1. The minimum Gasteiger partial charge on any atom is -0.444 e. The molecule has 0 aliphatic rings. The molecular weight excluding hydrogens is 337 g/mol. The van der Waals surface area contributed by atoms with E-state index in [1.54, 1.807) is 44.4 Å². The number of amides is 1. The van der Waals surface area contributed by atoms with Crippen molar-refractivity contribution in [3.05, 3.63) is 69.7 Å². The van der Waals surface area contributed by atoms with E-state index in [4.69, 9.17) is 27.9 Å². The van der Waals surface area contributed by atoms with Crippen LogP contribution in [0, 0.1) is 0 Å². The molecule has 0 aliphatic carbocycles. The third-order valence-electron chi connectivity index (χ3n) is 3.16. The van der Waals surface area contributed by atoms with Crippen molar-refractivity contribution in [1.29, 1.82) is 0 Å². The standard InChI is InChI=1S/C17H15Cl2NO3/c1-20(2)16(21)15(11-7-4-3-5-8-11)23-17(22)14-12(18)9-6-10-13(14)19/h3-10,15H,1-2H3. The van der Waals surface area contributed by atoms with Crippen LogP contribution >= 0.6 is 23.2 Å². The number of halogens is 2. The Morgan fingerprint density at radius 3 is 2.04 bits per heavy atom. The maximum Gasteiger partial charge on any atom is 0.342 e. The van der Waals surface area contributed by atoms with Crippen molar-refractivity contribution < 1.29 is 14.3 Å². The number of likely N-dealkylation sites (N-methyl/N-ethyl adjacent to an activating group) is 1. The van der Waals surface area contributed by atoms with Gasteiger partial charge in [-0.15, -0.1) is 0 Å². The van der Waals surface area contributed by atoms with Gasteiger partial charge in [-0.05, 0) is 12.1 Å². The van der Waals surface area contributed by atoms with Gasteiger partial charge in [0.05, 0.1) is 15.6 Å². The molecule has 120 valence electrons. The number of ether oxygens (including phenoxy) is 1. The zero-order valence-electron chi connectivity index (χ0n) is 12.6. The largest absolute Gasteiger partial charge is 0.444 e. The molecule has 2 aromatic rings. The van der Waals surface area contributed by atoms with Gasteiger partial charge >= 0.3 is 5.97 Å². The lowest BCUT2D eigenvalue weighted by atomic mass is 10.1. The molecule has 2 aromatic carbocycles. The van der Waals surface area contributed by atoms with Crippen molar-refractivity contribution in [1.82, 2.24) is 4.90 Å². The van der Waals surface area contributed by atoms with E-state index in [0.29, 0.717) is 5.56 Å². The summed E-state index contributed by atoms with van der Waals surface area (Å²) in [4.78, 5) is 26.2. The quantitative estimate of drug-likeness (QED) is 0.782. The van der Waals surface area contributed by atoms with Crippen LogP contribution in [0.4, 0.5) is 0 Å². The lowest BCUT2D eigenvalue weighted by Gasteiger charge is -2.21. The molecule has 0 spiro atoms. The highest BCUT2D eigenvalue weighted by Gasteiger charge is 2.28. The molecule has 6 heteroatoms. The Bertz CT molecular complexity index is 697. The van der Waals surface area contributed by atoms with Crippen molar-refractivity contribution in [3.8, 4) is 0 Å². The van der Waals surface area contributed by atoms with Crippen LogP contribution in [0.25, 0.3) is 0 Å². The maximum absolute atomic E-state index is 12.4. The van der Waals surface area contributed by atoms with Crippen LogP contribution in [-0.4, -0.2) is 30.9 Å². The first kappa shape index (κ1) is 17.3. The SMILES string of the molecule is CN(C)C(=O)C(OC(=O)c1c(Cl)cccc1Cl)c1ccccc1. The topological polar surface area (TPSA) is 46.6 Å². The molecule has 0 bridgehead atoms. The number of benzene rings is 2. The van der Waals surface area contributed by atoms with Crippen molar-refractivity contribution >= 4 is 35.1 Å². The predicted molar refractivity (Wildman–Crippen MR) is 89.8 cm³/mol. The molecule has 4 nitrogen and oxygen atoms in total. The Hall–Kier alpha value is -2.04. The number of carbonyl (C=O) groups is 2. The molecule has 23 heavy (non-hydrogen) atoms. The van der Waals surface area contributed by atoms with Gasteiger partial charge in [0, 0.05) is 19.7 Å². The second-order valence-corrected chi connectivity index (χ2v) is 5.84. The molecule has 0 aromatic heterocycles. The second kappa shape index (κ2) is 7.49. The molecule has 0 N–H and O–H groups in total. The van der Waals surface area contributed by atoms with Gasteiger partial charge in [-0.2, -0.15) is 0 Å². The average molecular weight is 352 g/mol. The van der Waals surface area contributed by atoms with Crippen LogP contribution in [0.3, 0.4) is 0 Å². The molecule has 0 radical (unpaired) electrons. The predicted octanol–water partition coefficient (Wildman–Crippen LogP) is 3.98. The monoisotopic (exact) mass is 351 g/mol. The third-order valence-corrected chi connectivity index (χ3v) is 3.79. The summed E-state index contributed by atoms with van der Waals surface area (Å²) in [5, 5.41) is 0.346. The Kier molecular flexibility index (Phi) is 5.64. The summed E-state index contributed by atoms with van der Waals surface area (Å²) in [7, 11) is 3.18. The van der Waals surface area contributed by atoms with Gasteiger partial charge < -0.3 is 9.64 Å². The van der Waals surface area contributed by atoms with Crippen LogP contribution in [-0.2, 0) is 9.53 Å².